The van der Waals surface area contributed by atoms with Crippen molar-refractivity contribution >= 4 is 5.96 Å². The highest BCUT2D eigenvalue weighted by molar-refractivity contribution is 5.79. The van der Waals surface area contributed by atoms with Gasteiger partial charge in [0.15, 0.2) is 5.96 Å². The van der Waals surface area contributed by atoms with E-state index in [1.54, 1.807) is 0 Å². The molecule has 5 heteroatoms. The number of rotatable bonds is 6. The Labute approximate surface area is 135 Å². The highest BCUT2D eigenvalue weighted by Gasteiger charge is 2.02. The second-order valence-corrected chi connectivity index (χ2v) is 5.14. The summed E-state index contributed by atoms with van der Waals surface area (Å²) in [7, 11) is 0. The Bertz CT molecular complexity index is 622. The highest BCUT2D eigenvalue weighted by atomic mass is 19.1. The highest BCUT2D eigenvalue weighted by Crippen LogP contribution is 2.08. The molecule has 0 saturated heterocycles. The molecule has 2 N–H and O–H groups in total. The van der Waals surface area contributed by atoms with Gasteiger partial charge in [0.2, 0.25) is 0 Å². The van der Waals surface area contributed by atoms with E-state index >= 15 is 0 Å². The fourth-order valence-electron chi connectivity index (χ4n) is 2.18. The Kier molecular flexibility index (Phi) is 6.54. The van der Waals surface area contributed by atoms with Gasteiger partial charge in [-0.2, -0.15) is 0 Å². The minimum atomic E-state index is -0.551. The molecule has 2 aromatic carbocycles. The van der Waals surface area contributed by atoms with Crippen LogP contribution in [0.25, 0.3) is 0 Å². The molecule has 2 aromatic rings. The van der Waals surface area contributed by atoms with E-state index in [2.05, 4.69) is 15.6 Å². The molecule has 122 valence electrons. The van der Waals surface area contributed by atoms with Gasteiger partial charge >= 0.3 is 0 Å². The number of hydrogen-bond acceptors (Lipinski definition) is 1. The molecular formula is C18H21F2N3. The third-order valence-corrected chi connectivity index (χ3v) is 3.24. The quantitative estimate of drug-likeness (QED) is 0.634. The van der Waals surface area contributed by atoms with Gasteiger partial charge in [-0.25, -0.2) is 13.8 Å². The molecule has 3 nitrogen and oxygen atoms in total. The summed E-state index contributed by atoms with van der Waals surface area (Å²) in [5, 5.41) is 6.32. The Morgan fingerprint density at radius 1 is 0.957 bits per heavy atom. The third-order valence-electron chi connectivity index (χ3n) is 3.24. The van der Waals surface area contributed by atoms with Crippen molar-refractivity contribution in [1.82, 2.24) is 10.6 Å². The van der Waals surface area contributed by atoms with Crippen LogP contribution in [0.5, 0.6) is 0 Å². The van der Waals surface area contributed by atoms with Crippen LogP contribution < -0.4 is 10.6 Å². The first-order chi connectivity index (χ1) is 11.2. The second kappa shape index (κ2) is 8.88. The monoisotopic (exact) mass is 317 g/mol. The average Bonchev–Trinajstić information content (AvgIpc) is 2.53. The van der Waals surface area contributed by atoms with E-state index in [1.807, 2.05) is 37.3 Å². The van der Waals surface area contributed by atoms with Crippen molar-refractivity contribution < 1.29 is 8.78 Å². The molecule has 0 atom stereocenters. The van der Waals surface area contributed by atoms with Crippen LogP contribution in [0.3, 0.4) is 0 Å². The number of nitrogens with one attached hydrogen (secondary N) is 2. The van der Waals surface area contributed by atoms with E-state index in [1.165, 1.54) is 12.1 Å². The Balaban J connectivity index is 1.89. The summed E-state index contributed by atoms with van der Waals surface area (Å²) in [6.07, 6.45) is 0.518. The van der Waals surface area contributed by atoms with Gasteiger partial charge in [0.1, 0.15) is 11.6 Å². The molecule has 0 unspecified atom stereocenters. The SMILES string of the molecule is CCNC(=NCc1ccccc1)NCCc1cc(F)cc(F)c1. The molecule has 0 radical (unpaired) electrons. The lowest BCUT2D eigenvalue weighted by atomic mass is 10.1. The van der Waals surface area contributed by atoms with E-state index in [0.717, 1.165) is 18.2 Å². The number of benzene rings is 2. The number of hydrogen-bond donors (Lipinski definition) is 2. The molecule has 0 bridgehead atoms. The minimum absolute atomic E-state index is 0.518. The van der Waals surface area contributed by atoms with Gasteiger partial charge in [-0.1, -0.05) is 30.3 Å². The van der Waals surface area contributed by atoms with Crippen LogP contribution in [0.1, 0.15) is 18.1 Å². The van der Waals surface area contributed by atoms with Gasteiger partial charge in [-0.05, 0) is 36.6 Å². The molecule has 0 amide bonds. The van der Waals surface area contributed by atoms with Crippen molar-refractivity contribution in [2.75, 3.05) is 13.1 Å². The maximum absolute atomic E-state index is 13.1. The first-order valence-corrected chi connectivity index (χ1v) is 7.68. The molecule has 0 saturated carbocycles. The Hall–Kier alpha value is -2.43. The maximum Gasteiger partial charge on any atom is 0.191 e. The molecule has 2 rings (SSSR count). The standard InChI is InChI=1S/C18H21F2N3/c1-2-21-18(23-13-14-6-4-3-5-7-14)22-9-8-15-10-16(19)12-17(20)11-15/h3-7,10-12H,2,8-9,13H2,1H3,(H2,21,22,23). The first kappa shape index (κ1) is 16.9. The van der Waals surface area contributed by atoms with Gasteiger partial charge in [0.05, 0.1) is 6.54 Å². The lowest BCUT2D eigenvalue weighted by Crippen LogP contribution is -2.38. The zero-order valence-electron chi connectivity index (χ0n) is 13.2. The summed E-state index contributed by atoms with van der Waals surface area (Å²) in [5.41, 5.74) is 1.74. The smallest absolute Gasteiger partial charge is 0.191 e. The van der Waals surface area contributed by atoms with Gasteiger partial charge in [-0.15, -0.1) is 0 Å². The van der Waals surface area contributed by atoms with E-state index in [4.69, 9.17) is 0 Å². The van der Waals surface area contributed by atoms with Crippen molar-refractivity contribution in [2.45, 2.75) is 19.9 Å². The zero-order valence-corrected chi connectivity index (χ0v) is 13.2. The van der Waals surface area contributed by atoms with Crippen molar-refractivity contribution in [3.8, 4) is 0 Å². The topological polar surface area (TPSA) is 36.4 Å². The van der Waals surface area contributed by atoms with Crippen molar-refractivity contribution in [1.29, 1.82) is 0 Å². The van der Waals surface area contributed by atoms with Crippen LogP contribution in [0, 0.1) is 11.6 Å². The van der Waals surface area contributed by atoms with Gasteiger partial charge in [-0.3, -0.25) is 0 Å². The molecule has 0 fully saturated rings. The lowest BCUT2D eigenvalue weighted by Gasteiger charge is -2.11. The van der Waals surface area contributed by atoms with Crippen LogP contribution in [0.15, 0.2) is 53.5 Å². The van der Waals surface area contributed by atoms with Crippen molar-refractivity contribution in [2.24, 2.45) is 4.99 Å². The maximum atomic E-state index is 13.1. The van der Waals surface area contributed by atoms with Crippen molar-refractivity contribution in [3.63, 3.8) is 0 Å². The van der Waals surface area contributed by atoms with Gasteiger partial charge < -0.3 is 10.6 Å². The molecule has 0 aliphatic heterocycles. The Morgan fingerprint density at radius 2 is 1.65 bits per heavy atom. The van der Waals surface area contributed by atoms with E-state index in [-0.39, 0.29) is 0 Å². The zero-order chi connectivity index (χ0) is 16.5. The number of nitrogens with zero attached hydrogens (tertiary/aromatic N) is 1. The number of guanidine groups is 1. The summed E-state index contributed by atoms with van der Waals surface area (Å²) >= 11 is 0. The summed E-state index contributed by atoms with van der Waals surface area (Å²) in [5.74, 6) is -0.414. The largest absolute Gasteiger partial charge is 0.357 e. The van der Waals surface area contributed by atoms with Crippen LogP contribution in [-0.2, 0) is 13.0 Å². The van der Waals surface area contributed by atoms with Gasteiger partial charge in [0, 0.05) is 19.2 Å². The average molecular weight is 317 g/mol. The fourth-order valence-corrected chi connectivity index (χ4v) is 2.18. The van der Waals surface area contributed by atoms with Crippen LogP contribution in [0.2, 0.25) is 0 Å². The summed E-state index contributed by atoms with van der Waals surface area (Å²) in [6, 6.07) is 13.5. The van der Waals surface area contributed by atoms with Gasteiger partial charge in [0.25, 0.3) is 0 Å². The van der Waals surface area contributed by atoms with E-state index in [9.17, 15) is 8.78 Å². The Morgan fingerprint density at radius 3 is 2.30 bits per heavy atom. The molecular weight excluding hydrogens is 296 g/mol. The second-order valence-electron chi connectivity index (χ2n) is 5.14. The van der Waals surface area contributed by atoms with Crippen LogP contribution in [-0.4, -0.2) is 19.0 Å². The van der Waals surface area contributed by atoms with E-state index in [0.29, 0.717) is 31.0 Å². The van der Waals surface area contributed by atoms with Crippen LogP contribution >= 0.6 is 0 Å². The molecule has 0 heterocycles. The summed E-state index contributed by atoms with van der Waals surface area (Å²) in [6.45, 7) is 3.85. The fraction of sp³-hybridized carbons (Fsp3) is 0.278. The third kappa shape index (κ3) is 6.06. The molecule has 23 heavy (non-hydrogen) atoms. The van der Waals surface area contributed by atoms with Crippen molar-refractivity contribution in [3.05, 3.63) is 71.3 Å². The lowest BCUT2D eigenvalue weighted by molar-refractivity contribution is 0.579. The number of halogens is 2. The predicted molar refractivity (Wildman–Crippen MR) is 89.3 cm³/mol. The molecule has 0 aliphatic carbocycles. The van der Waals surface area contributed by atoms with Crippen LogP contribution in [0.4, 0.5) is 8.78 Å². The predicted octanol–water partition coefficient (Wildman–Crippen LogP) is 3.26. The first-order valence-electron chi connectivity index (χ1n) is 7.68. The minimum Gasteiger partial charge on any atom is -0.357 e. The molecule has 0 aliphatic rings. The molecule has 0 aromatic heterocycles. The number of aliphatic imine (C=N–C) groups is 1. The molecule has 0 spiro atoms. The normalized spacial score (nSPS) is 11.3. The van der Waals surface area contributed by atoms with E-state index < -0.39 is 11.6 Å². The summed E-state index contributed by atoms with van der Waals surface area (Å²) < 4.78 is 26.3. The summed E-state index contributed by atoms with van der Waals surface area (Å²) in [4.78, 5) is 4.50.